The number of benzene rings is 2. The van der Waals surface area contributed by atoms with Crippen molar-refractivity contribution >= 4 is 18.0 Å². The number of hydrogen-bond acceptors (Lipinski definition) is 4. The Balaban J connectivity index is 1.36. The van der Waals surface area contributed by atoms with Gasteiger partial charge in [-0.15, -0.1) is 0 Å². The number of ether oxygens (including phenoxy) is 1. The van der Waals surface area contributed by atoms with Crippen molar-refractivity contribution in [2.24, 2.45) is 11.8 Å². The van der Waals surface area contributed by atoms with Crippen LogP contribution in [-0.4, -0.2) is 53.7 Å². The number of amides is 2. The smallest absolute Gasteiger partial charge is 0.407 e. The molecule has 180 valence electrons. The summed E-state index contributed by atoms with van der Waals surface area (Å²) in [5.74, 6) is -1.78. The fourth-order valence-electron chi connectivity index (χ4n) is 5.32. The van der Waals surface area contributed by atoms with E-state index < -0.39 is 24.0 Å². The molecule has 1 fully saturated rings. The molecule has 2 aromatic rings. The maximum Gasteiger partial charge on any atom is 0.407 e. The second-order valence-electron chi connectivity index (χ2n) is 9.27. The fourth-order valence-corrected chi connectivity index (χ4v) is 5.32. The van der Waals surface area contributed by atoms with Crippen LogP contribution in [0.15, 0.2) is 48.5 Å². The van der Waals surface area contributed by atoms with Crippen LogP contribution in [0, 0.1) is 11.8 Å². The third-order valence-corrected chi connectivity index (χ3v) is 7.06. The number of carbonyl (C=O) groups is 3. The highest BCUT2D eigenvalue weighted by Gasteiger charge is 2.41. The topological polar surface area (TPSA) is 95.9 Å². The Morgan fingerprint density at radius 2 is 1.71 bits per heavy atom. The van der Waals surface area contributed by atoms with Gasteiger partial charge in [-0.1, -0.05) is 68.8 Å². The lowest BCUT2D eigenvalue weighted by Gasteiger charge is -2.28. The molecule has 0 aromatic heterocycles. The largest absolute Gasteiger partial charge is 0.480 e. The van der Waals surface area contributed by atoms with Gasteiger partial charge in [0.15, 0.2) is 0 Å². The first kappa shape index (κ1) is 23.8. The highest BCUT2D eigenvalue weighted by Crippen LogP contribution is 2.44. The molecular weight excluding hydrogens is 432 g/mol. The molecule has 7 nitrogen and oxygen atoms in total. The summed E-state index contributed by atoms with van der Waals surface area (Å²) in [5, 5.41) is 12.3. The van der Waals surface area contributed by atoms with Gasteiger partial charge in [0.05, 0.1) is 5.92 Å². The molecule has 2 amide bonds. The van der Waals surface area contributed by atoms with Crippen molar-refractivity contribution < 1.29 is 24.2 Å². The summed E-state index contributed by atoms with van der Waals surface area (Å²) in [5.41, 5.74) is 4.60. The zero-order valence-corrected chi connectivity index (χ0v) is 19.7. The van der Waals surface area contributed by atoms with Crippen molar-refractivity contribution in [2.45, 2.75) is 45.1 Å². The van der Waals surface area contributed by atoms with Crippen molar-refractivity contribution in [3.05, 3.63) is 59.7 Å². The molecule has 1 aliphatic carbocycles. The van der Waals surface area contributed by atoms with Gasteiger partial charge in [-0.05, 0) is 41.0 Å². The highest BCUT2D eigenvalue weighted by atomic mass is 16.5. The van der Waals surface area contributed by atoms with Crippen LogP contribution in [0.1, 0.15) is 50.2 Å². The number of carbonyl (C=O) groups excluding carboxylic acids is 2. The SMILES string of the molecule is CCCC(CNC(=O)OCC1c2ccccc2-c2ccccc21)C(=O)N1CCC(C)C1C(=O)O. The molecule has 7 heteroatoms. The molecule has 1 aliphatic heterocycles. The number of carboxylic acid groups (broad SMARTS) is 1. The minimum Gasteiger partial charge on any atom is -0.480 e. The van der Waals surface area contributed by atoms with E-state index in [0.717, 1.165) is 28.7 Å². The minimum atomic E-state index is -0.974. The maximum atomic E-state index is 13.1. The summed E-state index contributed by atoms with van der Waals surface area (Å²) in [4.78, 5) is 38.8. The molecule has 4 rings (SSSR count). The van der Waals surface area contributed by atoms with Gasteiger partial charge in [0, 0.05) is 19.0 Å². The van der Waals surface area contributed by atoms with Crippen molar-refractivity contribution in [3.63, 3.8) is 0 Å². The summed E-state index contributed by atoms with van der Waals surface area (Å²) in [6.07, 6.45) is 1.42. The van der Waals surface area contributed by atoms with Crippen LogP contribution in [-0.2, 0) is 14.3 Å². The third kappa shape index (κ3) is 4.65. The summed E-state index contributed by atoms with van der Waals surface area (Å²) in [7, 11) is 0. The van der Waals surface area contributed by atoms with Crippen molar-refractivity contribution in [3.8, 4) is 11.1 Å². The van der Waals surface area contributed by atoms with Crippen LogP contribution in [0.3, 0.4) is 0 Å². The van der Waals surface area contributed by atoms with E-state index in [2.05, 4.69) is 29.6 Å². The predicted molar refractivity (Wildman–Crippen MR) is 128 cm³/mol. The second kappa shape index (κ2) is 10.3. The number of nitrogens with zero attached hydrogens (tertiary/aromatic N) is 1. The van der Waals surface area contributed by atoms with E-state index in [9.17, 15) is 19.5 Å². The first-order valence-electron chi connectivity index (χ1n) is 12.0. The molecule has 1 heterocycles. The number of nitrogens with one attached hydrogen (secondary N) is 1. The monoisotopic (exact) mass is 464 g/mol. The molecule has 34 heavy (non-hydrogen) atoms. The Labute approximate surface area is 200 Å². The number of hydrogen-bond donors (Lipinski definition) is 2. The van der Waals surface area contributed by atoms with E-state index in [4.69, 9.17) is 4.74 Å². The van der Waals surface area contributed by atoms with Gasteiger partial charge in [0.25, 0.3) is 0 Å². The maximum absolute atomic E-state index is 13.1. The van der Waals surface area contributed by atoms with Crippen LogP contribution in [0.2, 0.25) is 0 Å². The number of rotatable bonds is 8. The van der Waals surface area contributed by atoms with Gasteiger partial charge < -0.3 is 20.1 Å². The molecular formula is C27H32N2O5. The van der Waals surface area contributed by atoms with Gasteiger partial charge in [0.2, 0.25) is 5.91 Å². The number of aliphatic carboxylic acids is 1. The Morgan fingerprint density at radius 3 is 2.29 bits per heavy atom. The Bertz CT molecular complexity index is 1020. The standard InChI is InChI=1S/C27H32N2O5/c1-3-8-18(25(30)29-14-13-17(2)24(29)26(31)32)15-28-27(33)34-16-23-21-11-6-4-9-19(21)20-10-5-7-12-22(20)23/h4-7,9-12,17-18,23-24H,3,8,13-16H2,1-2H3,(H,28,33)(H,31,32). The predicted octanol–water partition coefficient (Wildman–Crippen LogP) is 4.26. The molecule has 0 radical (unpaired) electrons. The number of fused-ring (bicyclic) bond motifs is 3. The lowest BCUT2D eigenvalue weighted by Crippen LogP contribution is -2.47. The quantitative estimate of drug-likeness (QED) is 0.609. The van der Waals surface area contributed by atoms with E-state index in [1.807, 2.05) is 38.1 Å². The lowest BCUT2D eigenvalue weighted by atomic mass is 9.98. The number of alkyl carbamates (subject to hydrolysis) is 1. The molecule has 0 spiro atoms. The molecule has 0 saturated carbocycles. The van der Waals surface area contributed by atoms with Crippen LogP contribution in [0.5, 0.6) is 0 Å². The third-order valence-electron chi connectivity index (χ3n) is 7.06. The molecule has 3 unspecified atom stereocenters. The Morgan fingerprint density at radius 1 is 1.09 bits per heavy atom. The van der Waals surface area contributed by atoms with Crippen LogP contribution in [0.4, 0.5) is 4.79 Å². The van der Waals surface area contributed by atoms with E-state index in [1.165, 1.54) is 4.90 Å². The summed E-state index contributed by atoms with van der Waals surface area (Å²) in [6, 6.07) is 15.5. The van der Waals surface area contributed by atoms with Gasteiger partial charge >= 0.3 is 12.1 Å². The minimum absolute atomic E-state index is 0.0337. The lowest BCUT2D eigenvalue weighted by molar-refractivity contribution is -0.151. The van der Waals surface area contributed by atoms with Crippen molar-refractivity contribution in [1.29, 1.82) is 0 Å². The summed E-state index contributed by atoms with van der Waals surface area (Å²) in [6.45, 7) is 4.59. The Hall–Kier alpha value is -3.35. The zero-order valence-electron chi connectivity index (χ0n) is 19.7. The summed E-state index contributed by atoms with van der Waals surface area (Å²) < 4.78 is 5.58. The molecule has 2 aromatic carbocycles. The van der Waals surface area contributed by atoms with Gasteiger partial charge in [-0.2, -0.15) is 0 Å². The second-order valence-corrected chi connectivity index (χ2v) is 9.27. The van der Waals surface area contributed by atoms with Crippen LogP contribution in [0.25, 0.3) is 11.1 Å². The molecule has 1 saturated heterocycles. The first-order chi connectivity index (χ1) is 16.4. The van der Waals surface area contributed by atoms with Crippen molar-refractivity contribution in [1.82, 2.24) is 10.2 Å². The Kier molecular flexibility index (Phi) is 7.20. The van der Waals surface area contributed by atoms with Gasteiger partial charge in [-0.25, -0.2) is 9.59 Å². The van der Waals surface area contributed by atoms with Gasteiger partial charge in [-0.3, -0.25) is 4.79 Å². The van der Waals surface area contributed by atoms with Crippen molar-refractivity contribution in [2.75, 3.05) is 19.7 Å². The van der Waals surface area contributed by atoms with E-state index in [1.54, 1.807) is 0 Å². The van der Waals surface area contributed by atoms with Crippen LogP contribution >= 0.6 is 0 Å². The molecule has 0 bridgehead atoms. The van der Waals surface area contributed by atoms with Gasteiger partial charge in [0.1, 0.15) is 12.6 Å². The highest BCUT2D eigenvalue weighted by molar-refractivity contribution is 5.86. The van der Waals surface area contributed by atoms with E-state index in [-0.39, 0.29) is 30.9 Å². The van der Waals surface area contributed by atoms with Crippen LogP contribution < -0.4 is 5.32 Å². The average Bonchev–Trinajstić information content (AvgIpc) is 3.38. The number of carboxylic acids is 1. The van der Waals surface area contributed by atoms with E-state index >= 15 is 0 Å². The number of likely N-dealkylation sites (tertiary alicyclic amines) is 1. The molecule has 2 aliphatic rings. The zero-order chi connectivity index (χ0) is 24.2. The first-order valence-corrected chi connectivity index (χ1v) is 12.0. The normalized spacial score (nSPS) is 19.9. The van der Waals surface area contributed by atoms with E-state index in [0.29, 0.717) is 19.4 Å². The molecule has 3 atom stereocenters. The fraction of sp³-hybridized carbons (Fsp3) is 0.444. The average molecular weight is 465 g/mol. The summed E-state index contributed by atoms with van der Waals surface area (Å²) >= 11 is 0. The molecule has 2 N–H and O–H groups in total.